The molecule has 0 bridgehead atoms. The minimum Gasteiger partial charge on any atom is -0.464 e. The molecule has 5 heteroatoms. The molecule has 25 heavy (non-hydrogen) atoms. The third-order valence-electron chi connectivity index (χ3n) is 4.11. The molecule has 0 fully saturated rings. The fraction of sp³-hybridized carbons (Fsp3) is 0.400. The zero-order valence-corrected chi connectivity index (χ0v) is 15.0. The van der Waals surface area contributed by atoms with Crippen LogP contribution in [0.4, 0.5) is 0 Å². The number of esters is 1. The van der Waals surface area contributed by atoms with Crippen molar-refractivity contribution in [2.45, 2.75) is 39.3 Å². The number of ether oxygens (including phenoxy) is 1. The summed E-state index contributed by atoms with van der Waals surface area (Å²) in [5.41, 5.74) is 7.04. The summed E-state index contributed by atoms with van der Waals surface area (Å²) in [7, 11) is 0. The van der Waals surface area contributed by atoms with Gasteiger partial charge < -0.3 is 15.8 Å². The Kier molecular flexibility index (Phi) is 6.53. The number of carbonyl (C=O) groups is 2. The molecule has 0 aliphatic heterocycles. The highest BCUT2D eigenvalue weighted by Crippen LogP contribution is 2.16. The lowest BCUT2D eigenvalue weighted by atomic mass is 10.0. The van der Waals surface area contributed by atoms with Crippen molar-refractivity contribution in [3.05, 3.63) is 48.0 Å². The van der Waals surface area contributed by atoms with E-state index in [1.54, 1.807) is 6.92 Å². The number of hydrogen-bond donors (Lipinski definition) is 2. The standard InChI is InChI=1S/C20H26N2O3/c1-4-25-20(24)18(13(2)3)22-19(23)17(21)12-14-9-10-15-7-5-6-8-16(15)11-14/h5-11,13,17-18H,4,12,21H2,1-3H3,(H,22,23)/t17-,18+/m1/s1. The average molecular weight is 342 g/mol. The molecule has 0 saturated heterocycles. The summed E-state index contributed by atoms with van der Waals surface area (Å²) >= 11 is 0. The minimum atomic E-state index is -0.725. The molecule has 2 aromatic rings. The molecule has 5 nitrogen and oxygen atoms in total. The molecule has 0 aromatic heterocycles. The van der Waals surface area contributed by atoms with Crippen LogP contribution in [0.2, 0.25) is 0 Å². The Hall–Kier alpha value is -2.40. The van der Waals surface area contributed by atoms with Gasteiger partial charge >= 0.3 is 5.97 Å². The maximum absolute atomic E-state index is 12.4. The first-order valence-corrected chi connectivity index (χ1v) is 8.62. The second kappa shape index (κ2) is 8.62. The zero-order chi connectivity index (χ0) is 18.4. The van der Waals surface area contributed by atoms with Gasteiger partial charge in [-0.05, 0) is 35.6 Å². The number of rotatable bonds is 7. The van der Waals surface area contributed by atoms with Gasteiger partial charge in [-0.3, -0.25) is 4.79 Å². The number of hydrogen-bond acceptors (Lipinski definition) is 4. The molecule has 2 rings (SSSR count). The van der Waals surface area contributed by atoms with Crippen LogP contribution in [0.1, 0.15) is 26.3 Å². The summed E-state index contributed by atoms with van der Waals surface area (Å²) in [4.78, 5) is 24.4. The number of fused-ring (bicyclic) bond motifs is 1. The van der Waals surface area contributed by atoms with E-state index in [1.165, 1.54) is 0 Å². The highest BCUT2D eigenvalue weighted by atomic mass is 16.5. The first-order chi connectivity index (χ1) is 11.9. The quantitative estimate of drug-likeness (QED) is 0.757. The van der Waals surface area contributed by atoms with Gasteiger partial charge in [0.05, 0.1) is 12.6 Å². The summed E-state index contributed by atoms with van der Waals surface area (Å²) in [6.07, 6.45) is 0.407. The summed E-state index contributed by atoms with van der Waals surface area (Å²) in [5.74, 6) is -0.848. The zero-order valence-electron chi connectivity index (χ0n) is 15.0. The maximum atomic E-state index is 12.4. The van der Waals surface area contributed by atoms with E-state index in [4.69, 9.17) is 10.5 Å². The molecule has 3 N–H and O–H groups in total. The van der Waals surface area contributed by atoms with Crippen molar-refractivity contribution in [3.63, 3.8) is 0 Å². The fourth-order valence-electron chi connectivity index (χ4n) is 2.70. The first-order valence-electron chi connectivity index (χ1n) is 8.62. The van der Waals surface area contributed by atoms with E-state index in [1.807, 2.05) is 56.3 Å². The second-order valence-corrected chi connectivity index (χ2v) is 6.47. The molecule has 0 unspecified atom stereocenters. The minimum absolute atomic E-state index is 0.0733. The molecule has 0 spiro atoms. The van der Waals surface area contributed by atoms with E-state index in [9.17, 15) is 9.59 Å². The van der Waals surface area contributed by atoms with Crippen molar-refractivity contribution in [2.24, 2.45) is 11.7 Å². The fourth-order valence-corrected chi connectivity index (χ4v) is 2.70. The van der Waals surface area contributed by atoms with E-state index >= 15 is 0 Å². The third-order valence-corrected chi connectivity index (χ3v) is 4.11. The normalized spacial score (nSPS) is 13.5. The van der Waals surface area contributed by atoms with Crippen LogP contribution in [0.25, 0.3) is 10.8 Å². The molecule has 2 atom stereocenters. The molecule has 0 radical (unpaired) electrons. The highest BCUT2D eigenvalue weighted by molar-refractivity contribution is 5.88. The predicted octanol–water partition coefficient (Wildman–Crippen LogP) is 2.41. The predicted molar refractivity (Wildman–Crippen MR) is 99.0 cm³/mol. The monoisotopic (exact) mass is 342 g/mol. The van der Waals surface area contributed by atoms with Crippen LogP contribution in [0.5, 0.6) is 0 Å². The Morgan fingerprint density at radius 3 is 2.44 bits per heavy atom. The van der Waals surface area contributed by atoms with Crippen LogP contribution >= 0.6 is 0 Å². The van der Waals surface area contributed by atoms with Crippen LogP contribution in [-0.2, 0) is 20.7 Å². The van der Waals surface area contributed by atoms with E-state index in [-0.39, 0.29) is 18.4 Å². The number of nitrogens with two attached hydrogens (primary N) is 1. The lowest BCUT2D eigenvalue weighted by Crippen LogP contribution is -2.51. The highest BCUT2D eigenvalue weighted by Gasteiger charge is 2.27. The van der Waals surface area contributed by atoms with E-state index in [0.29, 0.717) is 6.42 Å². The van der Waals surface area contributed by atoms with Gasteiger partial charge in [0, 0.05) is 0 Å². The molecule has 1 amide bonds. The number of nitrogens with one attached hydrogen (secondary N) is 1. The van der Waals surface area contributed by atoms with Crippen LogP contribution in [0, 0.1) is 5.92 Å². The maximum Gasteiger partial charge on any atom is 0.328 e. The summed E-state index contributed by atoms with van der Waals surface area (Å²) in [6.45, 7) is 5.73. The number of carbonyl (C=O) groups excluding carboxylic acids is 2. The van der Waals surface area contributed by atoms with Gasteiger partial charge in [-0.2, -0.15) is 0 Å². The third kappa shape index (κ3) is 5.03. The van der Waals surface area contributed by atoms with E-state index in [0.717, 1.165) is 16.3 Å². The Morgan fingerprint density at radius 2 is 1.80 bits per heavy atom. The van der Waals surface area contributed by atoms with Crippen LogP contribution < -0.4 is 11.1 Å². The van der Waals surface area contributed by atoms with Crippen LogP contribution in [0.15, 0.2) is 42.5 Å². The van der Waals surface area contributed by atoms with Gasteiger partial charge in [0.2, 0.25) is 5.91 Å². The van der Waals surface area contributed by atoms with Gasteiger partial charge in [-0.1, -0.05) is 56.3 Å². The molecular formula is C20H26N2O3. The van der Waals surface area contributed by atoms with Crippen molar-refractivity contribution < 1.29 is 14.3 Å². The lowest BCUT2D eigenvalue weighted by molar-refractivity contribution is -0.148. The molecule has 0 aliphatic carbocycles. The summed E-state index contributed by atoms with van der Waals surface area (Å²) in [5, 5.41) is 4.97. The molecule has 134 valence electrons. The van der Waals surface area contributed by atoms with Crippen molar-refractivity contribution in [1.29, 1.82) is 0 Å². The van der Waals surface area contributed by atoms with Crippen molar-refractivity contribution >= 4 is 22.6 Å². The van der Waals surface area contributed by atoms with Crippen LogP contribution in [-0.4, -0.2) is 30.6 Å². The Morgan fingerprint density at radius 1 is 1.12 bits per heavy atom. The van der Waals surface area contributed by atoms with Crippen molar-refractivity contribution in [3.8, 4) is 0 Å². The number of amides is 1. The Bertz CT molecular complexity index is 743. The molecule has 0 heterocycles. The van der Waals surface area contributed by atoms with E-state index < -0.39 is 18.1 Å². The van der Waals surface area contributed by atoms with Gasteiger partial charge in [-0.25, -0.2) is 4.79 Å². The molecular weight excluding hydrogens is 316 g/mol. The van der Waals surface area contributed by atoms with E-state index in [2.05, 4.69) is 5.32 Å². The summed E-state index contributed by atoms with van der Waals surface area (Å²) < 4.78 is 5.02. The van der Waals surface area contributed by atoms with Crippen molar-refractivity contribution in [1.82, 2.24) is 5.32 Å². The second-order valence-electron chi connectivity index (χ2n) is 6.47. The van der Waals surface area contributed by atoms with Crippen LogP contribution in [0.3, 0.4) is 0 Å². The Labute approximate surface area is 148 Å². The van der Waals surface area contributed by atoms with Gasteiger partial charge in [0.1, 0.15) is 6.04 Å². The SMILES string of the molecule is CCOC(=O)[C@@H](NC(=O)[C@H](N)Cc1ccc2ccccc2c1)C(C)C. The molecule has 0 aliphatic rings. The van der Waals surface area contributed by atoms with Gasteiger partial charge in [0.25, 0.3) is 0 Å². The lowest BCUT2D eigenvalue weighted by Gasteiger charge is -2.22. The largest absolute Gasteiger partial charge is 0.464 e. The number of benzene rings is 2. The molecule has 0 saturated carbocycles. The molecule has 2 aromatic carbocycles. The van der Waals surface area contributed by atoms with Crippen molar-refractivity contribution in [2.75, 3.05) is 6.61 Å². The smallest absolute Gasteiger partial charge is 0.328 e. The first kappa shape index (κ1) is 18.9. The topological polar surface area (TPSA) is 81.4 Å². The Balaban J connectivity index is 2.03. The average Bonchev–Trinajstić information content (AvgIpc) is 2.59. The van der Waals surface area contributed by atoms with Gasteiger partial charge in [-0.15, -0.1) is 0 Å². The summed E-state index contributed by atoms with van der Waals surface area (Å²) in [6, 6.07) is 12.7. The van der Waals surface area contributed by atoms with Gasteiger partial charge in [0.15, 0.2) is 0 Å².